The van der Waals surface area contributed by atoms with Crippen LogP contribution in [0, 0.1) is 6.92 Å². The smallest absolute Gasteiger partial charge is 0.238 e. The first-order valence-electron chi connectivity index (χ1n) is 8.50. The topological polar surface area (TPSA) is 50.8 Å². The van der Waals surface area contributed by atoms with Crippen LogP contribution < -0.4 is 14.8 Å². The van der Waals surface area contributed by atoms with E-state index in [1.54, 1.807) is 25.3 Å². The summed E-state index contributed by atoms with van der Waals surface area (Å²) in [7, 11) is 3.46. The normalized spacial score (nSPS) is 10.7. The summed E-state index contributed by atoms with van der Waals surface area (Å²) in [5, 5.41) is 3.30. The van der Waals surface area contributed by atoms with Gasteiger partial charge < -0.3 is 14.8 Å². The summed E-state index contributed by atoms with van der Waals surface area (Å²) < 4.78 is 10.9. The van der Waals surface area contributed by atoms with Crippen LogP contribution >= 0.6 is 11.6 Å². The summed E-state index contributed by atoms with van der Waals surface area (Å²) in [6.45, 7) is 3.71. The maximum absolute atomic E-state index is 12.1. The molecule has 0 unspecified atom stereocenters. The van der Waals surface area contributed by atoms with Crippen LogP contribution in [0.1, 0.15) is 12.0 Å². The van der Waals surface area contributed by atoms with Gasteiger partial charge in [0.25, 0.3) is 0 Å². The number of hydrogen-bond donors (Lipinski definition) is 1. The monoisotopic (exact) mass is 376 g/mol. The number of aryl methyl sites for hydroxylation is 1. The Bertz CT molecular complexity index is 737. The van der Waals surface area contributed by atoms with Gasteiger partial charge in [0.15, 0.2) is 0 Å². The van der Waals surface area contributed by atoms with E-state index < -0.39 is 0 Å². The second-order valence-electron chi connectivity index (χ2n) is 6.10. The van der Waals surface area contributed by atoms with Gasteiger partial charge in [0, 0.05) is 12.2 Å². The highest BCUT2D eigenvalue weighted by molar-refractivity contribution is 6.32. The first-order valence-corrected chi connectivity index (χ1v) is 8.87. The molecule has 0 aromatic heterocycles. The van der Waals surface area contributed by atoms with Crippen molar-refractivity contribution in [3.05, 3.63) is 53.1 Å². The zero-order chi connectivity index (χ0) is 18.9. The van der Waals surface area contributed by atoms with Crippen LogP contribution in [0.25, 0.3) is 0 Å². The molecule has 0 saturated heterocycles. The molecule has 0 saturated carbocycles. The van der Waals surface area contributed by atoms with Gasteiger partial charge >= 0.3 is 0 Å². The highest BCUT2D eigenvalue weighted by atomic mass is 35.5. The van der Waals surface area contributed by atoms with E-state index in [2.05, 4.69) is 5.32 Å². The van der Waals surface area contributed by atoms with E-state index in [0.29, 0.717) is 29.6 Å². The minimum absolute atomic E-state index is 0.0893. The van der Waals surface area contributed by atoms with Crippen molar-refractivity contribution in [2.45, 2.75) is 13.3 Å². The fourth-order valence-electron chi connectivity index (χ4n) is 2.50. The van der Waals surface area contributed by atoms with Gasteiger partial charge in [0.2, 0.25) is 5.91 Å². The molecule has 140 valence electrons. The number of ether oxygens (including phenoxy) is 2. The SMILES string of the molecule is COc1ccc(NC(=O)CN(C)CCCOc2ccccc2C)cc1Cl. The summed E-state index contributed by atoms with van der Waals surface area (Å²) in [6, 6.07) is 13.1. The fourth-order valence-corrected chi connectivity index (χ4v) is 2.76. The largest absolute Gasteiger partial charge is 0.495 e. The number of methoxy groups -OCH3 is 1. The molecule has 6 heteroatoms. The zero-order valence-electron chi connectivity index (χ0n) is 15.4. The molecule has 0 aliphatic heterocycles. The molecule has 0 radical (unpaired) electrons. The maximum atomic E-state index is 12.1. The molecule has 26 heavy (non-hydrogen) atoms. The van der Waals surface area contributed by atoms with Gasteiger partial charge in [-0.1, -0.05) is 29.8 Å². The van der Waals surface area contributed by atoms with Crippen molar-refractivity contribution < 1.29 is 14.3 Å². The summed E-state index contributed by atoms with van der Waals surface area (Å²) in [5.74, 6) is 1.40. The molecule has 2 rings (SSSR count). The number of amides is 1. The first kappa shape index (κ1) is 20.1. The molecule has 2 aromatic rings. The lowest BCUT2D eigenvalue weighted by Gasteiger charge is -2.17. The lowest BCUT2D eigenvalue weighted by molar-refractivity contribution is -0.117. The molecule has 2 aromatic carbocycles. The van der Waals surface area contributed by atoms with Crippen LogP contribution in [0.2, 0.25) is 5.02 Å². The van der Waals surface area contributed by atoms with E-state index in [-0.39, 0.29) is 5.91 Å². The first-order chi connectivity index (χ1) is 12.5. The number of carbonyl (C=O) groups is 1. The second-order valence-corrected chi connectivity index (χ2v) is 6.51. The molecule has 0 aliphatic carbocycles. The van der Waals surface area contributed by atoms with Crippen molar-refractivity contribution in [1.82, 2.24) is 4.90 Å². The standard InChI is InChI=1S/C20H25ClN2O3/c1-15-7-4-5-8-18(15)26-12-6-11-23(2)14-20(24)22-16-9-10-19(25-3)17(21)13-16/h4-5,7-10,13H,6,11-12,14H2,1-3H3,(H,22,24). The molecule has 1 N–H and O–H groups in total. The molecular formula is C20H25ClN2O3. The number of nitrogens with zero attached hydrogens (tertiary/aromatic N) is 1. The average molecular weight is 377 g/mol. The number of para-hydroxylation sites is 1. The average Bonchev–Trinajstić information content (AvgIpc) is 2.60. The molecule has 0 heterocycles. The predicted molar refractivity (Wildman–Crippen MR) is 105 cm³/mol. The van der Waals surface area contributed by atoms with Crippen LogP contribution in [0.15, 0.2) is 42.5 Å². The Morgan fingerprint density at radius 2 is 1.96 bits per heavy atom. The van der Waals surface area contributed by atoms with Crippen LogP contribution in [0.4, 0.5) is 5.69 Å². The molecule has 0 spiro atoms. The maximum Gasteiger partial charge on any atom is 0.238 e. The van der Waals surface area contributed by atoms with Crippen LogP contribution in [0.3, 0.4) is 0 Å². The number of nitrogens with one attached hydrogen (secondary N) is 1. The molecule has 5 nitrogen and oxygen atoms in total. The summed E-state index contributed by atoms with van der Waals surface area (Å²) in [6.07, 6.45) is 0.840. The van der Waals surface area contributed by atoms with Gasteiger partial charge in [0.05, 0.1) is 25.3 Å². The third-order valence-electron chi connectivity index (χ3n) is 3.88. The highest BCUT2D eigenvalue weighted by Crippen LogP contribution is 2.27. The Kier molecular flexibility index (Phi) is 7.75. The van der Waals surface area contributed by atoms with E-state index in [0.717, 1.165) is 24.3 Å². The summed E-state index contributed by atoms with van der Waals surface area (Å²) in [4.78, 5) is 14.1. The van der Waals surface area contributed by atoms with E-state index in [9.17, 15) is 4.79 Å². The number of benzene rings is 2. The number of carbonyl (C=O) groups excluding carboxylic acids is 1. The van der Waals surface area contributed by atoms with Crippen molar-refractivity contribution in [2.24, 2.45) is 0 Å². The number of anilines is 1. The number of rotatable bonds is 9. The van der Waals surface area contributed by atoms with Gasteiger partial charge in [-0.05, 0) is 50.2 Å². The third-order valence-corrected chi connectivity index (χ3v) is 4.18. The second kappa shape index (κ2) is 10.0. The van der Waals surface area contributed by atoms with Gasteiger partial charge in [-0.15, -0.1) is 0 Å². The Labute approximate surface area is 159 Å². The minimum Gasteiger partial charge on any atom is -0.495 e. The van der Waals surface area contributed by atoms with E-state index in [1.807, 2.05) is 43.1 Å². The van der Waals surface area contributed by atoms with Crippen molar-refractivity contribution in [3.63, 3.8) is 0 Å². The van der Waals surface area contributed by atoms with Crippen molar-refractivity contribution in [3.8, 4) is 11.5 Å². The lowest BCUT2D eigenvalue weighted by Crippen LogP contribution is -2.31. The predicted octanol–water partition coefficient (Wildman–Crippen LogP) is 4.00. The Morgan fingerprint density at radius 3 is 2.65 bits per heavy atom. The Morgan fingerprint density at radius 1 is 1.19 bits per heavy atom. The number of halogens is 1. The Balaban J connectivity index is 1.70. The molecular weight excluding hydrogens is 352 g/mol. The van der Waals surface area contributed by atoms with E-state index in [1.165, 1.54) is 0 Å². The van der Waals surface area contributed by atoms with E-state index >= 15 is 0 Å². The zero-order valence-corrected chi connectivity index (χ0v) is 16.2. The van der Waals surface area contributed by atoms with Crippen molar-refractivity contribution in [1.29, 1.82) is 0 Å². The summed E-state index contributed by atoms with van der Waals surface area (Å²) in [5.41, 5.74) is 1.77. The van der Waals surface area contributed by atoms with Gasteiger partial charge in [-0.2, -0.15) is 0 Å². The summed E-state index contributed by atoms with van der Waals surface area (Å²) >= 11 is 6.06. The van der Waals surface area contributed by atoms with E-state index in [4.69, 9.17) is 21.1 Å². The van der Waals surface area contributed by atoms with Gasteiger partial charge in [0.1, 0.15) is 11.5 Å². The van der Waals surface area contributed by atoms with Crippen molar-refractivity contribution >= 4 is 23.2 Å². The molecule has 0 fully saturated rings. The number of likely N-dealkylation sites (N-methyl/N-ethyl adjacent to an activating group) is 1. The minimum atomic E-state index is -0.0893. The Hall–Kier alpha value is -2.24. The molecule has 0 aliphatic rings. The third kappa shape index (κ3) is 6.24. The van der Waals surface area contributed by atoms with Crippen LogP contribution in [-0.2, 0) is 4.79 Å². The van der Waals surface area contributed by atoms with Crippen LogP contribution in [0.5, 0.6) is 11.5 Å². The van der Waals surface area contributed by atoms with Crippen LogP contribution in [-0.4, -0.2) is 44.7 Å². The number of hydrogen-bond acceptors (Lipinski definition) is 4. The lowest BCUT2D eigenvalue weighted by atomic mass is 10.2. The van der Waals surface area contributed by atoms with Gasteiger partial charge in [-0.3, -0.25) is 9.69 Å². The van der Waals surface area contributed by atoms with Gasteiger partial charge in [-0.25, -0.2) is 0 Å². The van der Waals surface area contributed by atoms with Crippen molar-refractivity contribution in [2.75, 3.05) is 39.2 Å². The highest BCUT2D eigenvalue weighted by Gasteiger charge is 2.09. The molecule has 1 amide bonds. The fraction of sp³-hybridized carbons (Fsp3) is 0.350. The molecule has 0 bridgehead atoms. The quantitative estimate of drug-likeness (QED) is 0.672. The molecule has 0 atom stereocenters.